The first-order chi connectivity index (χ1) is 10.0. The summed E-state index contributed by atoms with van der Waals surface area (Å²) < 4.78 is 6.77. The lowest BCUT2D eigenvalue weighted by Crippen LogP contribution is -2.30. The van der Waals surface area contributed by atoms with Gasteiger partial charge in [0.15, 0.2) is 5.82 Å². The Balaban J connectivity index is 2.29. The number of carbonyl (C=O) groups excluding carboxylic acids is 2. The van der Waals surface area contributed by atoms with Crippen LogP contribution >= 0.6 is 0 Å². The molecule has 0 spiro atoms. The average molecular weight is 290 g/mol. The van der Waals surface area contributed by atoms with E-state index >= 15 is 0 Å². The summed E-state index contributed by atoms with van der Waals surface area (Å²) in [5.74, 6) is -1.49. The summed E-state index contributed by atoms with van der Waals surface area (Å²) in [5, 5.41) is 4.04. The molecule has 0 bridgehead atoms. The number of aromatic nitrogens is 4. The maximum Gasteiger partial charge on any atom is 0.376 e. The number of pyridine rings is 1. The number of hydrogen-bond acceptors (Lipinski definition) is 6. The molecule has 0 N–H and O–H groups in total. The van der Waals surface area contributed by atoms with Gasteiger partial charge in [-0.2, -0.15) is 0 Å². The normalized spacial score (nSPS) is 10.4. The molecule has 0 aliphatic carbocycles. The highest BCUT2D eigenvalue weighted by Crippen LogP contribution is 2.10. The van der Waals surface area contributed by atoms with Gasteiger partial charge >= 0.3 is 11.7 Å². The van der Waals surface area contributed by atoms with Crippen molar-refractivity contribution in [3.8, 4) is 11.5 Å². The summed E-state index contributed by atoms with van der Waals surface area (Å²) in [6, 6.07) is 5.19. The SMILES string of the molecule is CCOC(=O)C(=O)Cn1nc(-c2ccccn2)n(C)c1=O. The Morgan fingerprint density at radius 3 is 2.71 bits per heavy atom. The van der Waals surface area contributed by atoms with E-state index in [0.29, 0.717) is 11.5 Å². The number of hydrogen-bond donors (Lipinski definition) is 0. The smallest absolute Gasteiger partial charge is 0.376 e. The minimum Gasteiger partial charge on any atom is -0.460 e. The van der Waals surface area contributed by atoms with E-state index in [2.05, 4.69) is 14.8 Å². The number of carbonyl (C=O) groups is 2. The maximum absolute atomic E-state index is 12.0. The molecule has 8 nitrogen and oxygen atoms in total. The molecule has 0 saturated heterocycles. The van der Waals surface area contributed by atoms with Crippen molar-refractivity contribution in [1.82, 2.24) is 19.3 Å². The lowest BCUT2D eigenvalue weighted by Gasteiger charge is -1.99. The van der Waals surface area contributed by atoms with Gasteiger partial charge in [0.25, 0.3) is 5.78 Å². The first kappa shape index (κ1) is 14.6. The Kier molecular flexibility index (Phi) is 4.27. The van der Waals surface area contributed by atoms with E-state index in [1.165, 1.54) is 11.6 Å². The molecule has 2 aromatic heterocycles. The highest BCUT2D eigenvalue weighted by molar-refractivity contribution is 6.33. The van der Waals surface area contributed by atoms with Crippen molar-refractivity contribution in [2.45, 2.75) is 13.5 Å². The molecule has 0 aromatic carbocycles. The van der Waals surface area contributed by atoms with Crippen LogP contribution < -0.4 is 5.69 Å². The fraction of sp³-hybridized carbons (Fsp3) is 0.308. The molecule has 0 aliphatic heterocycles. The minimum atomic E-state index is -0.977. The van der Waals surface area contributed by atoms with Crippen LogP contribution in [-0.4, -0.2) is 37.7 Å². The van der Waals surface area contributed by atoms with Crippen LogP contribution in [0.2, 0.25) is 0 Å². The third-order valence-electron chi connectivity index (χ3n) is 2.73. The number of ether oxygens (including phenoxy) is 1. The molecule has 2 heterocycles. The molecule has 0 atom stereocenters. The molecule has 2 aromatic rings. The van der Waals surface area contributed by atoms with E-state index in [1.54, 1.807) is 31.3 Å². The molecule has 2 rings (SSSR count). The average Bonchev–Trinajstić information content (AvgIpc) is 2.77. The van der Waals surface area contributed by atoms with Crippen molar-refractivity contribution in [2.24, 2.45) is 7.05 Å². The first-order valence-corrected chi connectivity index (χ1v) is 6.29. The Hall–Kier alpha value is -2.77. The third-order valence-corrected chi connectivity index (χ3v) is 2.73. The van der Waals surface area contributed by atoms with Gasteiger partial charge in [-0.3, -0.25) is 14.3 Å². The van der Waals surface area contributed by atoms with Crippen molar-refractivity contribution in [3.63, 3.8) is 0 Å². The van der Waals surface area contributed by atoms with Gasteiger partial charge in [-0.05, 0) is 19.1 Å². The van der Waals surface area contributed by atoms with Crippen LogP contribution in [0, 0.1) is 0 Å². The van der Waals surface area contributed by atoms with E-state index in [0.717, 1.165) is 4.68 Å². The highest BCUT2D eigenvalue weighted by Gasteiger charge is 2.20. The molecule has 0 radical (unpaired) electrons. The van der Waals surface area contributed by atoms with Crippen LogP contribution in [0.3, 0.4) is 0 Å². The Morgan fingerprint density at radius 2 is 2.10 bits per heavy atom. The van der Waals surface area contributed by atoms with Crippen LogP contribution in [-0.2, 0) is 27.9 Å². The summed E-state index contributed by atoms with van der Waals surface area (Å²) in [5.41, 5.74) is -0.00673. The molecule has 0 saturated carbocycles. The molecule has 0 fully saturated rings. The van der Waals surface area contributed by atoms with Crippen molar-refractivity contribution in [3.05, 3.63) is 34.9 Å². The van der Waals surface area contributed by atoms with Crippen LogP contribution in [0.25, 0.3) is 11.5 Å². The molecule has 110 valence electrons. The lowest BCUT2D eigenvalue weighted by atomic mass is 10.3. The summed E-state index contributed by atoms with van der Waals surface area (Å²) in [4.78, 5) is 39.0. The van der Waals surface area contributed by atoms with Crippen LogP contribution in [0.4, 0.5) is 0 Å². The van der Waals surface area contributed by atoms with Gasteiger partial charge in [0, 0.05) is 13.2 Å². The molecule has 0 unspecified atom stereocenters. The van der Waals surface area contributed by atoms with Crippen molar-refractivity contribution in [2.75, 3.05) is 6.61 Å². The van der Waals surface area contributed by atoms with Gasteiger partial charge in [0.05, 0.1) is 6.61 Å². The molecule has 0 aliphatic rings. The topological polar surface area (TPSA) is 96.1 Å². The summed E-state index contributed by atoms with van der Waals surface area (Å²) in [6.45, 7) is 1.23. The van der Waals surface area contributed by atoms with E-state index < -0.39 is 24.0 Å². The second kappa shape index (κ2) is 6.12. The standard InChI is InChI=1S/C13H14N4O4/c1-3-21-12(19)10(18)8-17-13(20)16(2)11(15-17)9-6-4-5-7-14-9/h4-7H,3,8H2,1-2H3. The molecular formula is C13H14N4O4. The Bertz CT molecular complexity index is 718. The van der Waals surface area contributed by atoms with Crippen LogP contribution in [0.5, 0.6) is 0 Å². The third kappa shape index (κ3) is 3.04. The van der Waals surface area contributed by atoms with Gasteiger partial charge < -0.3 is 4.74 Å². The van der Waals surface area contributed by atoms with E-state index in [1.807, 2.05) is 0 Å². The molecule has 8 heteroatoms. The van der Waals surface area contributed by atoms with E-state index in [4.69, 9.17) is 0 Å². The number of rotatable bonds is 5. The van der Waals surface area contributed by atoms with Crippen molar-refractivity contribution in [1.29, 1.82) is 0 Å². The highest BCUT2D eigenvalue weighted by atomic mass is 16.5. The zero-order chi connectivity index (χ0) is 15.4. The summed E-state index contributed by atoms with van der Waals surface area (Å²) in [7, 11) is 1.52. The fourth-order valence-corrected chi connectivity index (χ4v) is 1.72. The largest absolute Gasteiger partial charge is 0.460 e. The van der Waals surface area contributed by atoms with Gasteiger partial charge in [0.2, 0.25) is 0 Å². The maximum atomic E-state index is 12.0. The zero-order valence-corrected chi connectivity index (χ0v) is 11.6. The van der Waals surface area contributed by atoms with Gasteiger partial charge in [-0.1, -0.05) is 6.07 Å². The van der Waals surface area contributed by atoms with Gasteiger partial charge in [-0.25, -0.2) is 14.3 Å². The van der Waals surface area contributed by atoms with Crippen molar-refractivity contribution >= 4 is 11.8 Å². The predicted molar refractivity (Wildman–Crippen MR) is 72.3 cm³/mol. The second-order valence-electron chi connectivity index (χ2n) is 4.18. The van der Waals surface area contributed by atoms with E-state index in [9.17, 15) is 14.4 Å². The van der Waals surface area contributed by atoms with Gasteiger partial charge in [-0.15, -0.1) is 5.10 Å². The number of esters is 1. The molecule has 21 heavy (non-hydrogen) atoms. The van der Waals surface area contributed by atoms with Gasteiger partial charge in [0.1, 0.15) is 12.2 Å². The molecule has 0 amide bonds. The Labute approximate surface area is 120 Å². The van der Waals surface area contributed by atoms with E-state index in [-0.39, 0.29) is 6.61 Å². The number of Topliss-reactive ketones (excluding diaryl/α,β-unsaturated/α-hetero) is 1. The zero-order valence-electron chi connectivity index (χ0n) is 11.6. The lowest BCUT2D eigenvalue weighted by molar-refractivity contribution is -0.153. The second-order valence-corrected chi connectivity index (χ2v) is 4.18. The monoisotopic (exact) mass is 290 g/mol. The predicted octanol–water partition coefficient (Wildman–Crippen LogP) is -0.224. The Morgan fingerprint density at radius 1 is 1.33 bits per heavy atom. The van der Waals surface area contributed by atoms with Crippen LogP contribution in [0.15, 0.2) is 29.2 Å². The number of ketones is 1. The summed E-state index contributed by atoms with van der Waals surface area (Å²) in [6.07, 6.45) is 1.57. The molecular weight excluding hydrogens is 276 g/mol. The first-order valence-electron chi connectivity index (χ1n) is 6.29. The number of nitrogens with zero attached hydrogens (tertiary/aromatic N) is 4. The van der Waals surface area contributed by atoms with Crippen molar-refractivity contribution < 1.29 is 14.3 Å². The summed E-state index contributed by atoms with van der Waals surface area (Å²) >= 11 is 0. The van der Waals surface area contributed by atoms with Crippen LogP contribution in [0.1, 0.15) is 6.92 Å². The fourth-order valence-electron chi connectivity index (χ4n) is 1.72. The quantitative estimate of drug-likeness (QED) is 0.558. The minimum absolute atomic E-state index is 0.0981.